The van der Waals surface area contributed by atoms with Crippen LogP contribution in [0.15, 0.2) is 0 Å². The van der Waals surface area contributed by atoms with Gasteiger partial charge in [0, 0.05) is 31.6 Å². The Labute approximate surface area is 101 Å². The maximum Gasteiger partial charge on any atom is 0.211 e. The van der Waals surface area contributed by atoms with Crippen LogP contribution < -0.4 is 0 Å². The predicted octanol–water partition coefficient (Wildman–Crippen LogP) is 1.25. The number of sulfonamides is 1. The molecule has 0 atom stereocenters. The van der Waals surface area contributed by atoms with E-state index in [-0.39, 0.29) is 0 Å². The second kappa shape index (κ2) is 5.98. The summed E-state index contributed by atoms with van der Waals surface area (Å²) in [7, 11) is -0.852. The average Bonchev–Trinajstić information content (AvgIpc) is 2.14. The SMILES string of the molecule is CC.CC.CN1CC2(C1)CN(S(C)(=O)=O)C2. The maximum atomic E-state index is 11.0. The molecule has 1 spiro atoms. The van der Waals surface area contributed by atoms with Crippen LogP contribution in [0, 0.1) is 5.41 Å². The average molecular weight is 250 g/mol. The molecule has 0 aromatic heterocycles. The van der Waals surface area contributed by atoms with Crippen LogP contribution in [0.1, 0.15) is 27.7 Å². The molecule has 2 heterocycles. The van der Waals surface area contributed by atoms with Crippen molar-refractivity contribution in [3.05, 3.63) is 0 Å². The Balaban J connectivity index is 0.000000509. The van der Waals surface area contributed by atoms with E-state index in [1.807, 2.05) is 27.7 Å². The van der Waals surface area contributed by atoms with Gasteiger partial charge in [0.15, 0.2) is 0 Å². The lowest BCUT2D eigenvalue weighted by Crippen LogP contribution is -2.71. The number of hydrogen-bond acceptors (Lipinski definition) is 3. The van der Waals surface area contributed by atoms with Crippen molar-refractivity contribution in [2.75, 3.05) is 39.5 Å². The number of likely N-dealkylation sites (tertiary alicyclic amines) is 1. The van der Waals surface area contributed by atoms with Crippen LogP contribution in [-0.4, -0.2) is 57.1 Å². The van der Waals surface area contributed by atoms with E-state index >= 15 is 0 Å². The third kappa shape index (κ3) is 3.43. The zero-order chi connectivity index (χ0) is 13.0. The van der Waals surface area contributed by atoms with Crippen molar-refractivity contribution in [3.63, 3.8) is 0 Å². The van der Waals surface area contributed by atoms with E-state index in [2.05, 4.69) is 11.9 Å². The molecule has 16 heavy (non-hydrogen) atoms. The van der Waals surface area contributed by atoms with Gasteiger partial charge in [0.2, 0.25) is 10.0 Å². The molecule has 0 amide bonds. The molecule has 0 aromatic carbocycles. The summed E-state index contributed by atoms with van der Waals surface area (Å²) >= 11 is 0. The lowest BCUT2D eigenvalue weighted by atomic mass is 9.75. The zero-order valence-electron chi connectivity index (χ0n) is 11.4. The Morgan fingerprint density at radius 3 is 1.56 bits per heavy atom. The first kappa shape index (κ1) is 15.9. The van der Waals surface area contributed by atoms with Gasteiger partial charge in [-0.25, -0.2) is 12.7 Å². The van der Waals surface area contributed by atoms with Crippen LogP contribution in [0.25, 0.3) is 0 Å². The Bertz CT molecular complexity index is 287. The first-order valence-corrected chi connectivity index (χ1v) is 7.90. The topological polar surface area (TPSA) is 40.6 Å². The van der Waals surface area contributed by atoms with Gasteiger partial charge in [-0.15, -0.1) is 0 Å². The number of rotatable bonds is 1. The van der Waals surface area contributed by atoms with Crippen molar-refractivity contribution in [2.24, 2.45) is 5.41 Å². The van der Waals surface area contributed by atoms with E-state index in [1.54, 1.807) is 4.31 Å². The Morgan fingerprint density at radius 2 is 1.31 bits per heavy atom. The second-order valence-corrected chi connectivity index (χ2v) is 6.19. The molecule has 2 rings (SSSR count). The minimum atomic E-state index is -2.92. The molecule has 0 radical (unpaired) electrons. The molecule has 2 aliphatic heterocycles. The summed E-state index contributed by atoms with van der Waals surface area (Å²) in [5.74, 6) is 0. The van der Waals surface area contributed by atoms with Crippen molar-refractivity contribution in [2.45, 2.75) is 27.7 Å². The van der Waals surface area contributed by atoms with Crippen LogP contribution in [0.5, 0.6) is 0 Å². The standard InChI is InChI=1S/C7H14N2O2S.2C2H6/c1-8-3-7(4-8)5-9(6-7)12(2,10)11;2*1-2/h3-6H2,1-2H3;2*1-2H3. The van der Waals surface area contributed by atoms with Gasteiger partial charge < -0.3 is 4.90 Å². The quantitative estimate of drug-likeness (QED) is 0.703. The summed E-state index contributed by atoms with van der Waals surface area (Å²) in [5, 5.41) is 0. The highest BCUT2D eigenvalue weighted by atomic mass is 32.2. The molecular formula is C11H26N2O2S. The fraction of sp³-hybridized carbons (Fsp3) is 1.00. The molecule has 5 heteroatoms. The molecule has 2 fully saturated rings. The summed E-state index contributed by atoms with van der Waals surface area (Å²) < 4.78 is 23.6. The van der Waals surface area contributed by atoms with E-state index in [0.717, 1.165) is 26.2 Å². The van der Waals surface area contributed by atoms with Crippen LogP contribution >= 0.6 is 0 Å². The first-order chi connectivity index (χ1) is 7.41. The summed E-state index contributed by atoms with van der Waals surface area (Å²) in [6, 6.07) is 0. The van der Waals surface area contributed by atoms with Crippen LogP contribution in [-0.2, 0) is 10.0 Å². The Morgan fingerprint density at radius 1 is 0.938 bits per heavy atom. The Hall–Kier alpha value is -0.130. The van der Waals surface area contributed by atoms with Gasteiger partial charge in [-0.05, 0) is 7.05 Å². The van der Waals surface area contributed by atoms with Gasteiger partial charge in [0.05, 0.1) is 6.26 Å². The molecule has 4 nitrogen and oxygen atoms in total. The normalized spacial score (nSPS) is 23.1. The minimum absolute atomic E-state index is 0.317. The maximum absolute atomic E-state index is 11.0. The molecule has 2 saturated heterocycles. The predicted molar refractivity (Wildman–Crippen MR) is 69.0 cm³/mol. The third-order valence-electron chi connectivity index (χ3n) is 2.70. The molecule has 0 bridgehead atoms. The van der Waals surface area contributed by atoms with Gasteiger partial charge >= 0.3 is 0 Å². The summed E-state index contributed by atoms with van der Waals surface area (Å²) in [6.07, 6.45) is 1.28. The van der Waals surface area contributed by atoms with Crippen LogP contribution in [0.3, 0.4) is 0 Å². The molecule has 0 unspecified atom stereocenters. The highest BCUT2D eigenvalue weighted by Gasteiger charge is 2.52. The minimum Gasteiger partial charge on any atom is -0.305 e. The molecule has 0 N–H and O–H groups in total. The van der Waals surface area contributed by atoms with E-state index < -0.39 is 10.0 Å². The van der Waals surface area contributed by atoms with Crippen molar-refractivity contribution < 1.29 is 8.42 Å². The molecule has 0 aliphatic carbocycles. The van der Waals surface area contributed by atoms with Crippen molar-refractivity contribution in [1.82, 2.24) is 9.21 Å². The van der Waals surface area contributed by atoms with Gasteiger partial charge in [-0.1, -0.05) is 27.7 Å². The highest BCUT2D eigenvalue weighted by molar-refractivity contribution is 7.88. The van der Waals surface area contributed by atoms with E-state index in [1.165, 1.54) is 6.26 Å². The van der Waals surface area contributed by atoms with Crippen LogP contribution in [0.2, 0.25) is 0 Å². The fourth-order valence-corrected chi connectivity index (χ4v) is 3.25. The zero-order valence-corrected chi connectivity index (χ0v) is 12.3. The second-order valence-electron chi connectivity index (χ2n) is 4.20. The fourth-order valence-electron chi connectivity index (χ4n) is 2.24. The number of hydrogen-bond donors (Lipinski definition) is 0. The molecule has 98 valence electrons. The lowest BCUT2D eigenvalue weighted by Gasteiger charge is -2.58. The van der Waals surface area contributed by atoms with Crippen molar-refractivity contribution in [1.29, 1.82) is 0 Å². The van der Waals surface area contributed by atoms with Gasteiger partial charge in [-0.2, -0.15) is 0 Å². The van der Waals surface area contributed by atoms with Gasteiger partial charge in [0.1, 0.15) is 0 Å². The van der Waals surface area contributed by atoms with Crippen molar-refractivity contribution >= 4 is 10.0 Å². The summed E-state index contributed by atoms with van der Waals surface area (Å²) in [4.78, 5) is 2.22. The van der Waals surface area contributed by atoms with E-state index in [4.69, 9.17) is 0 Å². The van der Waals surface area contributed by atoms with Crippen LogP contribution in [0.4, 0.5) is 0 Å². The Kier molecular flexibility index (Phi) is 5.93. The lowest BCUT2D eigenvalue weighted by molar-refractivity contribution is -0.0669. The van der Waals surface area contributed by atoms with Crippen molar-refractivity contribution in [3.8, 4) is 0 Å². The molecule has 0 aromatic rings. The molecule has 2 aliphatic rings. The first-order valence-electron chi connectivity index (χ1n) is 6.05. The number of nitrogens with zero attached hydrogens (tertiary/aromatic N) is 2. The largest absolute Gasteiger partial charge is 0.305 e. The van der Waals surface area contributed by atoms with E-state index in [9.17, 15) is 8.42 Å². The van der Waals surface area contributed by atoms with Gasteiger partial charge in [-0.3, -0.25) is 0 Å². The summed E-state index contributed by atoms with van der Waals surface area (Å²) in [5.41, 5.74) is 0.317. The third-order valence-corrected chi connectivity index (χ3v) is 3.90. The smallest absolute Gasteiger partial charge is 0.211 e. The highest BCUT2D eigenvalue weighted by Crippen LogP contribution is 2.39. The van der Waals surface area contributed by atoms with Gasteiger partial charge in [0.25, 0.3) is 0 Å². The molecule has 0 saturated carbocycles. The monoisotopic (exact) mass is 250 g/mol. The molecular weight excluding hydrogens is 224 g/mol. The summed E-state index contributed by atoms with van der Waals surface area (Å²) in [6.45, 7) is 11.6. The van der Waals surface area contributed by atoms with E-state index in [0.29, 0.717) is 5.41 Å².